The van der Waals surface area contributed by atoms with Crippen LogP contribution in [0.5, 0.6) is 5.75 Å². The predicted molar refractivity (Wildman–Crippen MR) is 82.2 cm³/mol. The van der Waals surface area contributed by atoms with Crippen molar-refractivity contribution >= 4 is 0 Å². The Balaban J connectivity index is 1.59. The molecule has 104 valence electrons. The molecule has 1 aliphatic rings. The van der Waals surface area contributed by atoms with E-state index in [1.807, 2.05) is 0 Å². The zero-order valence-corrected chi connectivity index (χ0v) is 11.7. The van der Waals surface area contributed by atoms with E-state index in [9.17, 15) is 0 Å². The van der Waals surface area contributed by atoms with Crippen molar-refractivity contribution in [3.63, 3.8) is 0 Å². The molecule has 20 heavy (non-hydrogen) atoms. The first-order valence-electron chi connectivity index (χ1n) is 7.40. The molecule has 0 unspecified atom stereocenters. The van der Waals surface area contributed by atoms with Crippen LogP contribution in [0.25, 0.3) is 0 Å². The van der Waals surface area contributed by atoms with Crippen LogP contribution in [0.3, 0.4) is 0 Å². The fourth-order valence-corrected chi connectivity index (χ4v) is 2.62. The summed E-state index contributed by atoms with van der Waals surface area (Å²) in [5.41, 5.74) is 2.67. The summed E-state index contributed by atoms with van der Waals surface area (Å²) in [7, 11) is 0. The lowest BCUT2D eigenvalue weighted by Gasteiger charge is -2.23. The van der Waals surface area contributed by atoms with Crippen LogP contribution in [0, 0.1) is 0 Å². The molecule has 0 bridgehead atoms. The summed E-state index contributed by atoms with van der Waals surface area (Å²) in [5.74, 6) is 0.994. The van der Waals surface area contributed by atoms with Gasteiger partial charge in [0.2, 0.25) is 0 Å². The van der Waals surface area contributed by atoms with Gasteiger partial charge in [-0.15, -0.1) is 0 Å². The summed E-state index contributed by atoms with van der Waals surface area (Å²) in [5, 5.41) is 3.36. The highest BCUT2D eigenvalue weighted by Gasteiger charge is 2.14. The van der Waals surface area contributed by atoms with Gasteiger partial charge in [0.1, 0.15) is 11.9 Å². The Morgan fingerprint density at radius 1 is 0.850 bits per heavy atom. The molecule has 0 aromatic heterocycles. The Morgan fingerprint density at radius 2 is 1.50 bits per heavy atom. The number of rotatable bonds is 4. The molecule has 1 saturated heterocycles. The van der Waals surface area contributed by atoms with Crippen LogP contribution in [0.4, 0.5) is 0 Å². The Bertz CT molecular complexity index is 515. The van der Waals surface area contributed by atoms with Crippen molar-refractivity contribution in [3.05, 3.63) is 65.7 Å². The Kier molecular flexibility index (Phi) is 4.34. The minimum absolute atomic E-state index is 0.372. The third kappa shape index (κ3) is 3.61. The van der Waals surface area contributed by atoms with Gasteiger partial charge in [0.15, 0.2) is 0 Å². The van der Waals surface area contributed by atoms with Crippen LogP contribution in [0.15, 0.2) is 54.6 Å². The molecule has 2 aromatic carbocycles. The van der Waals surface area contributed by atoms with Gasteiger partial charge in [0.05, 0.1) is 0 Å². The highest BCUT2D eigenvalue weighted by atomic mass is 16.5. The number of ether oxygens (including phenoxy) is 1. The molecule has 2 nitrogen and oxygen atoms in total. The van der Waals surface area contributed by atoms with Crippen molar-refractivity contribution < 1.29 is 4.74 Å². The summed E-state index contributed by atoms with van der Waals surface area (Å²) in [6, 6.07) is 19.1. The summed E-state index contributed by atoms with van der Waals surface area (Å²) in [6.07, 6.45) is 3.56. The molecule has 0 radical (unpaired) electrons. The highest BCUT2D eigenvalue weighted by molar-refractivity contribution is 5.31. The van der Waals surface area contributed by atoms with Gasteiger partial charge in [-0.05, 0) is 55.6 Å². The first kappa shape index (κ1) is 13.2. The lowest BCUT2D eigenvalue weighted by molar-refractivity contribution is 0.162. The molecule has 0 aliphatic carbocycles. The van der Waals surface area contributed by atoms with Gasteiger partial charge in [-0.3, -0.25) is 0 Å². The third-order valence-corrected chi connectivity index (χ3v) is 3.76. The van der Waals surface area contributed by atoms with Crippen molar-refractivity contribution in [2.24, 2.45) is 0 Å². The van der Waals surface area contributed by atoms with Crippen molar-refractivity contribution in [2.45, 2.75) is 25.4 Å². The topological polar surface area (TPSA) is 21.3 Å². The van der Waals surface area contributed by atoms with Crippen LogP contribution >= 0.6 is 0 Å². The normalized spacial score (nSPS) is 16.0. The van der Waals surface area contributed by atoms with Gasteiger partial charge in [0, 0.05) is 0 Å². The molecule has 0 saturated carbocycles. The molecule has 1 N–H and O–H groups in total. The van der Waals surface area contributed by atoms with E-state index in [2.05, 4.69) is 59.9 Å². The molecular formula is C18H21NO. The van der Waals surface area contributed by atoms with E-state index in [0.717, 1.165) is 38.1 Å². The van der Waals surface area contributed by atoms with E-state index < -0.39 is 0 Å². The van der Waals surface area contributed by atoms with Gasteiger partial charge in [-0.25, -0.2) is 0 Å². The minimum Gasteiger partial charge on any atom is -0.490 e. The first-order chi connectivity index (χ1) is 9.90. The van der Waals surface area contributed by atoms with Gasteiger partial charge < -0.3 is 10.1 Å². The van der Waals surface area contributed by atoms with E-state index in [4.69, 9.17) is 4.74 Å². The lowest BCUT2D eigenvalue weighted by atomic mass is 10.1. The average Bonchev–Trinajstić information content (AvgIpc) is 2.51. The zero-order chi connectivity index (χ0) is 13.6. The fraction of sp³-hybridized carbons (Fsp3) is 0.333. The SMILES string of the molecule is c1ccc(Cc2ccc(OC3CCNCC3)cc2)cc1. The number of hydrogen-bond donors (Lipinski definition) is 1. The van der Waals surface area contributed by atoms with Crippen LogP contribution in [0.1, 0.15) is 24.0 Å². The summed E-state index contributed by atoms with van der Waals surface area (Å²) in [6.45, 7) is 2.13. The van der Waals surface area contributed by atoms with Crippen molar-refractivity contribution in [1.29, 1.82) is 0 Å². The lowest BCUT2D eigenvalue weighted by Crippen LogP contribution is -2.34. The van der Waals surface area contributed by atoms with Gasteiger partial charge >= 0.3 is 0 Å². The first-order valence-corrected chi connectivity index (χ1v) is 7.40. The number of hydrogen-bond acceptors (Lipinski definition) is 2. The molecule has 1 aliphatic heterocycles. The fourth-order valence-electron chi connectivity index (χ4n) is 2.62. The Morgan fingerprint density at radius 3 is 2.20 bits per heavy atom. The van der Waals surface area contributed by atoms with E-state index >= 15 is 0 Å². The Hall–Kier alpha value is -1.80. The van der Waals surface area contributed by atoms with E-state index in [1.165, 1.54) is 11.1 Å². The second-order valence-electron chi connectivity index (χ2n) is 5.37. The van der Waals surface area contributed by atoms with Crippen molar-refractivity contribution in [2.75, 3.05) is 13.1 Å². The Labute approximate surface area is 120 Å². The van der Waals surface area contributed by atoms with Gasteiger partial charge in [-0.1, -0.05) is 42.5 Å². The largest absolute Gasteiger partial charge is 0.490 e. The zero-order valence-electron chi connectivity index (χ0n) is 11.7. The summed E-state index contributed by atoms with van der Waals surface area (Å²) >= 11 is 0. The molecule has 0 atom stereocenters. The van der Waals surface area contributed by atoms with Gasteiger partial charge in [0.25, 0.3) is 0 Å². The van der Waals surface area contributed by atoms with E-state index in [1.54, 1.807) is 0 Å². The molecule has 1 fully saturated rings. The molecule has 1 heterocycles. The standard InChI is InChI=1S/C18H21NO/c1-2-4-15(5-3-1)14-16-6-8-17(9-7-16)20-18-10-12-19-13-11-18/h1-9,18-19H,10-14H2. The third-order valence-electron chi connectivity index (χ3n) is 3.76. The van der Waals surface area contributed by atoms with E-state index in [-0.39, 0.29) is 0 Å². The highest BCUT2D eigenvalue weighted by Crippen LogP contribution is 2.18. The monoisotopic (exact) mass is 267 g/mol. The second-order valence-corrected chi connectivity index (χ2v) is 5.37. The predicted octanol–water partition coefficient (Wildman–Crippen LogP) is 3.41. The maximum Gasteiger partial charge on any atom is 0.119 e. The molecule has 0 spiro atoms. The average molecular weight is 267 g/mol. The second kappa shape index (κ2) is 6.58. The molecule has 0 amide bonds. The van der Waals surface area contributed by atoms with Crippen LogP contribution in [0.2, 0.25) is 0 Å². The molecule has 2 aromatic rings. The number of benzene rings is 2. The minimum atomic E-state index is 0.372. The quantitative estimate of drug-likeness (QED) is 0.916. The van der Waals surface area contributed by atoms with Gasteiger partial charge in [-0.2, -0.15) is 0 Å². The maximum atomic E-state index is 6.02. The molecule has 3 rings (SSSR count). The van der Waals surface area contributed by atoms with Crippen LogP contribution in [-0.2, 0) is 6.42 Å². The summed E-state index contributed by atoms with van der Waals surface area (Å²) in [4.78, 5) is 0. The molecular weight excluding hydrogens is 246 g/mol. The van der Waals surface area contributed by atoms with Crippen LogP contribution < -0.4 is 10.1 Å². The van der Waals surface area contributed by atoms with Crippen LogP contribution in [-0.4, -0.2) is 19.2 Å². The van der Waals surface area contributed by atoms with Crippen molar-refractivity contribution in [3.8, 4) is 5.75 Å². The number of nitrogens with one attached hydrogen (secondary N) is 1. The smallest absolute Gasteiger partial charge is 0.119 e. The summed E-state index contributed by atoms with van der Waals surface area (Å²) < 4.78 is 6.02. The van der Waals surface area contributed by atoms with E-state index in [0.29, 0.717) is 6.10 Å². The molecule has 2 heteroatoms. The van der Waals surface area contributed by atoms with Crippen molar-refractivity contribution in [1.82, 2.24) is 5.32 Å². The maximum absolute atomic E-state index is 6.02. The number of piperidine rings is 1.